The Labute approximate surface area is 160 Å². The van der Waals surface area contributed by atoms with Crippen molar-refractivity contribution >= 4 is 23.2 Å². The van der Waals surface area contributed by atoms with E-state index in [0.29, 0.717) is 10.7 Å². The van der Waals surface area contributed by atoms with Crippen molar-refractivity contribution in [2.75, 3.05) is 19.7 Å². The predicted octanol–water partition coefficient (Wildman–Crippen LogP) is 3.87. The summed E-state index contributed by atoms with van der Waals surface area (Å²) in [6.07, 6.45) is 2.35. The molecule has 0 radical (unpaired) electrons. The first-order valence-electron chi connectivity index (χ1n) is 9.04. The van der Waals surface area contributed by atoms with E-state index in [9.17, 15) is 4.79 Å². The zero-order valence-corrected chi connectivity index (χ0v) is 15.8. The molecule has 1 N–H and O–H groups in total. The van der Waals surface area contributed by atoms with Gasteiger partial charge in [0, 0.05) is 25.3 Å². The number of thiocarbonyl (C=S) groups is 1. The lowest BCUT2D eigenvalue weighted by molar-refractivity contribution is 0.0895. The fourth-order valence-corrected chi connectivity index (χ4v) is 3.38. The molecule has 4 nitrogen and oxygen atoms in total. The largest absolute Gasteiger partial charge is 0.376 e. The number of nitrogens with zero attached hydrogens (tertiary/aromatic N) is 1. The smallest absolute Gasteiger partial charge is 0.257 e. The van der Waals surface area contributed by atoms with Crippen molar-refractivity contribution in [3.8, 4) is 11.1 Å². The van der Waals surface area contributed by atoms with Crippen molar-refractivity contribution in [2.24, 2.45) is 0 Å². The van der Waals surface area contributed by atoms with Crippen molar-refractivity contribution < 1.29 is 9.53 Å². The minimum Gasteiger partial charge on any atom is -0.376 e. The van der Waals surface area contributed by atoms with E-state index >= 15 is 0 Å². The number of nitrogens with one attached hydrogen (secondary N) is 1. The second-order valence-electron chi connectivity index (χ2n) is 6.38. The Kier molecular flexibility index (Phi) is 6.36. The van der Waals surface area contributed by atoms with Crippen LogP contribution in [0.4, 0.5) is 0 Å². The lowest BCUT2D eigenvalue weighted by Crippen LogP contribution is -2.45. The number of carbonyl (C=O) groups excluding carboxylic acids is 1. The van der Waals surface area contributed by atoms with Gasteiger partial charge in [-0.3, -0.25) is 10.1 Å². The zero-order valence-electron chi connectivity index (χ0n) is 15.0. The van der Waals surface area contributed by atoms with E-state index in [-0.39, 0.29) is 12.0 Å². The number of hydrogen-bond acceptors (Lipinski definition) is 3. The van der Waals surface area contributed by atoms with Crippen LogP contribution in [0.1, 0.15) is 30.1 Å². The van der Waals surface area contributed by atoms with Gasteiger partial charge >= 0.3 is 0 Å². The van der Waals surface area contributed by atoms with Crippen LogP contribution in [0.3, 0.4) is 0 Å². The monoisotopic (exact) mass is 368 g/mol. The first-order chi connectivity index (χ1) is 12.7. The van der Waals surface area contributed by atoms with Gasteiger partial charge in [-0.05, 0) is 55.2 Å². The summed E-state index contributed by atoms with van der Waals surface area (Å²) in [6, 6.07) is 17.7. The molecule has 0 saturated carbocycles. The Hall–Kier alpha value is -2.24. The van der Waals surface area contributed by atoms with Crippen LogP contribution in [0.15, 0.2) is 54.6 Å². The van der Waals surface area contributed by atoms with E-state index in [0.717, 1.165) is 43.7 Å². The predicted molar refractivity (Wildman–Crippen MR) is 108 cm³/mol. The summed E-state index contributed by atoms with van der Waals surface area (Å²) in [5.41, 5.74) is 2.81. The van der Waals surface area contributed by atoms with Gasteiger partial charge in [0.1, 0.15) is 0 Å². The highest BCUT2D eigenvalue weighted by Gasteiger charge is 2.21. The van der Waals surface area contributed by atoms with Gasteiger partial charge in [0.15, 0.2) is 5.11 Å². The third-order valence-corrected chi connectivity index (χ3v) is 4.95. The molecule has 26 heavy (non-hydrogen) atoms. The van der Waals surface area contributed by atoms with Crippen LogP contribution in [0.5, 0.6) is 0 Å². The van der Waals surface area contributed by atoms with Crippen LogP contribution in [-0.2, 0) is 4.74 Å². The number of likely N-dealkylation sites (N-methyl/N-ethyl adjacent to an activating group) is 1. The molecule has 0 bridgehead atoms. The Morgan fingerprint density at radius 2 is 1.85 bits per heavy atom. The number of hydrogen-bond donors (Lipinski definition) is 1. The molecule has 136 valence electrons. The van der Waals surface area contributed by atoms with Crippen LogP contribution in [0.2, 0.25) is 0 Å². The average Bonchev–Trinajstić information content (AvgIpc) is 3.20. The molecule has 1 atom stereocenters. The lowest BCUT2D eigenvalue weighted by Gasteiger charge is -2.26. The maximum atomic E-state index is 12.5. The Bertz CT molecular complexity index is 740. The molecule has 3 rings (SSSR count). The Morgan fingerprint density at radius 1 is 1.15 bits per heavy atom. The number of amides is 1. The highest BCUT2D eigenvalue weighted by atomic mass is 32.1. The van der Waals surface area contributed by atoms with Crippen LogP contribution in [0, 0.1) is 0 Å². The molecule has 2 aromatic carbocycles. The van der Waals surface area contributed by atoms with E-state index in [2.05, 4.69) is 17.4 Å². The number of rotatable bonds is 5. The third-order valence-electron chi connectivity index (χ3n) is 4.59. The lowest BCUT2D eigenvalue weighted by atomic mass is 10.0. The summed E-state index contributed by atoms with van der Waals surface area (Å²) in [5, 5.41) is 3.30. The molecule has 0 aliphatic carbocycles. The topological polar surface area (TPSA) is 41.6 Å². The van der Waals surface area contributed by atoms with Crippen LogP contribution >= 0.6 is 12.2 Å². The molecule has 1 saturated heterocycles. The molecular weight excluding hydrogens is 344 g/mol. The summed E-state index contributed by atoms with van der Waals surface area (Å²) in [7, 11) is 0. The van der Waals surface area contributed by atoms with Crippen molar-refractivity contribution in [1.29, 1.82) is 0 Å². The molecule has 1 amide bonds. The third kappa shape index (κ3) is 4.68. The molecule has 1 heterocycles. The molecule has 0 unspecified atom stereocenters. The fourth-order valence-electron chi connectivity index (χ4n) is 3.08. The van der Waals surface area contributed by atoms with E-state index in [1.807, 2.05) is 54.3 Å². The highest BCUT2D eigenvalue weighted by molar-refractivity contribution is 7.80. The highest BCUT2D eigenvalue weighted by Crippen LogP contribution is 2.19. The minimum absolute atomic E-state index is 0.180. The minimum atomic E-state index is -0.180. The normalized spacial score (nSPS) is 16.3. The molecule has 2 aromatic rings. The van der Waals surface area contributed by atoms with Crippen molar-refractivity contribution in [1.82, 2.24) is 10.2 Å². The maximum absolute atomic E-state index is 12.5. The molecule has 0 spiro atoms. The van der Waals surface area contributed by atoms with Crippen LogP contribution < -0.4 is 5.32 Å². The maximum Gasteiger partial charge on any atom is 0.257 e. The SMILES string of the molecule is CCN(C[C@@H]1CCCO1)C(=S)NC(=O)c1ccc(-c2ccccc2)cc1. The van der Waals surface area contributed by atoms with E-state index in [1.165, 1.54) is 0 Å². The molecule has 1 fully saturated rings. The zero-order chi connectivity index (χ0) is 18.4. The van der Waals surface area contributed by atoms with Gasteiger partial charge in [-0.1, -0.05) is 42.5 Å². The van der Waals surface area contributed by atoms with E-state index in [1.54, 1.807) is 0 Å². The van der Waals surface area contributed by atoms with E-state index < -0.39 is 0 Å². The summed E-state index contributed by atoms with van der Waals surface area (Å²) >= 11 is 5.43. The summed E-state index contributed by atoms with van der Waals surface area (Å²) in [5.74, 6) is -0.180. The Morgan fingerprint density at radius 3 is 2.46 bits per heavy atom. The quantitative estimate of drug-likeness (QED) is 0.814. The first kappa shape index (κ1) is 18.5. The van der Waals surface area contributed by atoms with Gasteiger partial charge in [-0.25, -0.2) is 0 Å². The van der Waals surface area contributed by atoms with Gasteiger partial charge in [-0.2, -0.15) is 0 Å². The number of benzene rings is 2. The molecule has 1 aliphatic heterocycles. The van der Waals surface area contributed by atoms with Crippen molar-refractivity contribution in [3.63, 3.8) is 0 Å². The van der Waals surface area contributed by atoms with Crippen LogP contribution in [0.25, 0.3) is 11.1 Å². The average molecular weight is 369 g/mol. The number of ether oxygens (including phenoxy) is 1. The van der Waals surface area contributed by atoms with Gasteiger partial charge < -0.3 is 9.64 Å². The summed E-state index contributed by atoms with van der Waals surface area (Å²) in [4.78, 5) is 14.5. The summed E-state index contributed by atoms with van der Waals surface area (Å²) < 4.78 is 5.67. The van der Waals surface area contributed by atoms with Crippen LogP contribution in [-0.4, -0.2) is 41.7 Å². The Balaban J connectivity index is 1.60. The molecule has 1 aliphatic rings. The van der Waals surface area contributed by atoms with Gasteiger partial charge in [-0.15, -0.1) is 0 Å². The summed E-state index contributed by atoms with van der Waals surface area (Å²) in [6.45, 7) is 4.31. The molecule has 5 heteroatoms. The molecule has 0 aromatic heterocycles. The fraction of sp³-hybridized carbons (Fsp3) is 0.333. The number of carbonyl (C=O) groups is 1. The standard InChI is InChI=1S/C21H24N2O2S/c1-2-23(15-19-9-6-14-25-19)21(26)22-20(24)18-12-10-17(11-13-18)16-7-4-3-5-8-16/h3-5,7-8,10-13,19H,2,6,9,14-15H2,1H3,(H,22,24,26)/t19-/m0/s1. The second-order valence-corrected chi connectivity index (χ2v) is 6.76. The van der Waals surface area contributed by atoms with Crippen molar-refractivity contribution in [2.45, 2.75) is 25.9 Å². The first-order valence-corrected chi connectivity index (χ1v) is 9.45. The molecular formula is C21H24N2O2S. The van der Waals surface area contributed by atoms with Gasteiger partial charge in [0.2, 0.25) is 0 Å². The van der Waals surface area contributed by atoms with E-state index in [4.69, 9.17) is 17.0 Å². The van der Waals surface area contributed by atoms with Gasteiger partial charge in [0.05, 0.1) is 6.10 Å². The van der Waals surface area contributed by atoms with Crippen molar-refractivity contribution in [3.05, 3.63) is 60.2 Å². The second kappa shape index (κ2) is 8.92. The van der Waals surface area contributed by atoms with Gasteiger partial charge in [0.25, 0.3) is 5.91 Å².